The third kappa shape index (κ3) is 2.48. The van der Waals surface area contributed by atoms with E-state index in [0.717, 1.165) is 16.8 Å². The van der Waals surface area contributed by atoms with Crippen molar-refractivity contribution in [2.45, 2.75) is 19.9 Å². The van der Waals surface area contributed by atoms with Crippen LogP contribution >= 0.6 is 0 Å². The molecule has 0 aromatic heterocycles. The van der Waals surface area contributed by atoms with Crippen LogP contribution in [0.2, 0.25) is 0 Å². The molecular formula is C17H16N2O. The van der Waals surface area contributed by atoms with E-state index in [4.69, 9.17) is 0 Å². The van der Waals surface area contributed by atoms with Crippen molar-refractivity contribution in [3.8, 4) is 0 Å². The van der Waals surface area contributed by atoms with E-state index in [-0.39, 0.29) is 5.91 Å². The Kier molecular flexibility index (Phi) is 3.33. The summed E-state index contributed by atoms with van der Waals surface area (Å²) in [5.41, 5.74) is 4.19. The summed E-state index contributed by atoms with van der Waals surface area (Å²) < 4.78 is 0. The Labute approximate surface area is 118 Å². The van der Waals surface area contributed by atoms with Crippen LogP contribution in [0.3, 0.4) is 0 Å². The summed E-state index contributed by atoms with van der Waals surface area (Å²) in [6.45, 7) is 2.60. The fourth-order valence-electron chi connectivity index (χ4n) is 2.33. The third-order valence-electron chi connectivity index (χ3n) is 3.54. The summed E-state index contributed by atoms with van der Waals surface area (Å²) in [6, 6.07) is 18.0. The van der Waals surface area contributed by atoms with E-state index in [1.807, 2.05) is 48.5 Å². The van der Waals surface area contributed by atoms with Gasteiger partial charge in [-0.2, -0.15) is 5.10 Å². The predicted octanol–water partition coefficient (Wildman–Crippen LogP) is 3.13. The molecule has 20 heavy (non-hydrogen) atoms. The molecule has 3 rings (SSSR count). The van der Waals surface area contributed by atoms with Crippen molar-refractivity contribution in [2.24, 2.45) is 5.10 Å². The average Bonchev–Trinajstić information content (AvgIpc) is 2.84. The second-order valence-corrected chi connectivity index (χ2v) is 4.97. The second kappa shape index (κ2) is 5.29. The van der Waals surface area contributed by atoms with Crippen LogP contribution in [0.4, 0.5) is 0 Å². The summed E-state index contributed by atoms with van der Waals surface area (Å²) in [7, 11) is 0. The fraction of sp³-hybridized carbons (Fsp3) is 0.176. The van der Waals surface area contributed by atoms with Crippen molar-refractivity contribution >= 4 is 11.6 Å². The van der Waals surface area contributed by atoms with Gasteiger partial charge in [0.25, 0.3) is 0 Å². The zero-order valence-corrected chi connectivity index (χ0v) is 11.4. The first kappa shape index (κ1) is 12.6. The number of nitrogens with zero attached hydrogens (tertiary/aromatic N) is 2. The van der Waals surface area contributed by atoms with E-state index in [9.17, 15) is 4.79 Å². The lowest BCUT2D eigenvalue weighted by atomic mass is 10.1. The molecule has 2 aromatic carbocycles. The van der Waals surface area contributed by atoms with Crippen molar-refractivity contribution in [3.63, 3.8) is 0 Å². The largest absolute Gasteiger partial charge is 0.272 e. The van der Waals surface area contributed by atoms with Crippen molar-refractivity contribution in [2.75, 3.05) is 0 Å². The van der Waals surface area contributed by atoms with Crippen LogP contribution in [0, 0.1) is 6.92 Å². The number of carbonyl (C=O) groups is 1. The number of amides is 1. The van der Waals surface area contributed by atoms with Gasteiger partial charge in [-0.05, 0) is 23.6 Å². The standard InChI is InChI=1S/C17H16N2O/c1-13-7-5-6-10-15(13)12-19-17(20)11-16(18-19)14-8-3-2-4-9-14/h2-10H,11-12H2,1H3. The normalized spacial score (nSPS) is 14.6. The van der Waals surface area contributed by atoms with Gasteiger partial charge in [0.2, 0.25) is 5.91 Å². The Morgan fingerprint density at radius 1 is 1.05 bits per heavy atom. The van der Waals surface area contributed by atoms with Crippen LogP contribution in [-0.2, 0) is 11.3 Å². The van der Waals surface area contributed by atoms with Crippen molar-refractivity contribution in [1.82, 2.24) is 5.01 Å². The number of aryl methyl sites for hydroxylation is 1. The zero-order valence-electron chi connectivity index (χ0n) is 11.4. The van der Waals surface area contributed by atoms with Gasteiger partial charge >= 0.3 is 0 Å². The molecule has 0 N–H and O–H groups in total. The van der Waals surface area contributed by atoms with Crippen molar-refractivity contribution in [3.05, 3.63) is 71.3 Å². The second-order valence-electron chi connectivity index (χ2n) is 4.97. The molecule has 0 saturated carbocycles. The highest BCUT2D eigenvalue weighted by Crippen LogP contribution is 2.18. The topological polar surface area (TPSA) is 32.7 Å². The molecule has 0 fully saturated rings. The molecule has 1 amide bonds. The maximum absolute atomic E-state index is 12.1. The van der Waals surface area contributed by atoms with Crippen LogP contribution in [-0.4, -0.2) is 16.6 Å². The lowest BCUT2D eigenvalue weighted by molar-refractivity contribution is -0.129. The van der Waals surface area contributed by atoms with Gasteiger partial charge in [0.05, 0.1) is 18.7 Å². The number of hydrazone groups is 1. The van der Waals surface area contributed by atoms with Crippen LogP contribution in [0.25, 0.3) is 0 Å². The van der Waals surface area contributed by atoms with Gasteiger partial charge in [0.15, 0.2) is 0 Å². The Morgan fingerprint density at radius 2 is 1.75 bits per heavy atom. The summed E-state index contributed by atoms with van der Waals surface area (Å²) in [4.78, 5) is 12.1. The first-order valence-corrected chi connectivity index (χ1v) is 6.72. The molecule has 1 aliphatic heterocycles. The maximum Gasteiger partial charge on any atom is 0.249 e. The molecule has 1 heterocycles. The molecule has 0 spiro atoms. The van der Waals surface area contributed by atoms with E-state index in [1.54, 1.807) is 5.01 Å². The molecule has 1 aliphatic rings. The van der Waals surface area contributed by atoms with E-state index in [0.29, 0.717) is 13.0 Å². The molecule has 0 bridgehead atoms. The van der Waals surface area contributed by atoms with Crippen LogP contribution < -0.4 is 0 Å². The summed E-state index contributed by atoms with van der Waals surface area (Å²) in [5.74, 6) is 0.0621. The summed E-state index contributed by atoms with van der Waals surface area (Å²) >= 11 is 0. The van der Waals surface area contributed by atoms with Crippen LogP contribution in [0.15, 0.2) is 59.7 Å². The quantitative estimate of drug-likeness (QED) is 0.838. The van der Waals surface area contributed by atoms with Gasteiger partial charge < -0.3 is 0 Å². The molecule has 0 unspecified atom stereocenters. The molecular weight excluding hydrogens is 248 g/mol. The minimum absolute atomic E-state index is 0.0621. The predicted molar refractivity (Wildman–Crippen MR) is 79.3 cm³/mol. The van der Waals surface area contributed by atoms with Gasteiger partial charge in [-0.3, -0.25) is 4.79 Å². The zero-order chi connectivity index (χ0) is 13.9. The summed E-state index contributed by atoms with van der Waals surface area (Å²) in [6.07, 6.45) is 0.385. The summed E-state index contributed by atoms with van der Waals surface area (Å²) in [5, 5.41) is 6.05. The number of hydrogen-bond acceptors (Lipinski definition) is 2. The Morgan fingerprint density at radius 3 is 2.50 bits per heavy atom. The van der Waals surface area contributed by atoms with Gasteiger partial charge in [-0.1, -0.05) is 54.6 Å². The Hall–Kier alpha value is -2.42. The number of carbonyl (C=O) groups excluding carboxylic acids is 1. The highest BCUT2D eigenvalue weighted by Gasteiger charge is 2.24. The minimum Gasteiger partial charge on any atom is -0.272 e. The van der Waals surface area contributed by atoms with E-state index < -0.39 is 0 Å². The minimum atomic E-state index is 0.0621. The molecule has 0 aliphatic carbocycles. The van der Waals surface area contributed by atoms with Gasteiger partial charge in [0, 0.05) is 0 Å². The average molecular weight is 264 g/mol. The van der Waals surface area contributed by atoms with Crippen molar-refractivity contribution < 1.29 is 4.79 Å². The lowest BCUT2D eigenvalue weighted by Crippen LogP contribution is -2.20. The maximum atomic E-state index is 12.1. The molecule has 0 radical (unpaired) electrons. The first-order chi connectivity index (χ1) is 9.74. The Bertz CT molecular complexity index is 662. The van der Waals surface area contributed by atoms with Crippen molar-refractivity contribution in [1.29, 1.82) is 0 Å². The fourth-order valence-corrected chi connectivity index (χ4v) is 2.33. The van der Waals surface area contributed by atoms with Gasteiger partial charge in [0.1, 0.15) is 0 Å². The lowest BCUT2D eigenvalue weighted by Gasteiger charge is -2.13. The molecule has 0 atom stereocenters. The smallest absolute Gasteiger partial charge is 0.249 e. The molecule has 3 heteroatoms. The highest BCUT2D eigenvalue weighted by molar-refractivity contribution is 6.13. The van der Waals surface area contributed by atoms with Gasteiger partial charge in [-0.25, -0.2) is 5.01 Å². The number of hydrogen-bond donors (Lipinski definition) is 0. The molecule has 2 aromatic rings. The Balaban J connectivity index is 1.83. The number of benzene rings is 2. The third-order valence-corrected chi connectivity index (χ3v) is 3.54. The SMILES string of the molecule is Cc1ccccc1CN1N=C(c2ccccc2)CC1=O. The van der Waals surface area contributed by atoms with E-state index >= 15 is 0 Å². The van der Waals surface area contributed by atoms with Crippen LogP contribution in [0.1, 0.15) is 23.1 Å². The monoisotopic (exact) mass is 264 g/mol. The highest BCUT2D eigenvalue weighted by atomic mass is 16.2. The van der Waals surface area contributed by atoms with E-state index in [1.165, 1.54) is 5.56 Å². The molecule has 3 nitrogen and oxygen atoms in total. The van der Waals surface area contributed by atoms with E-state index in [2.05, 4.69) is 18.1 Å². The van der Waals surface area contributed by atoms with Gasteiger partial charge in [-0.15, -0.1) is 0 Å². The van der Waals surface area contributed by atoms with Crippen LogP contribution in [0.5, 0.6) is 0 Å². The first-order valence-electron chi connectivity index (χ1n) is 6.72. The molecule has 0 saturated heterocycles. The molecule has 100 valence electrons. The number of rotatable bonds is 3.